The molecule has 0 radical (unpaired) electrons. The van der Waals surface area contributed by atoms with Gasteiger partial charge in [0.25, 0.3) is 5.91 Å². The minimum atomic E-state index is -0.547. The fraction of sp³-hybridized carbons (Fsp3) is 0.333. The summed E-state index contributed by atoms with van der Waals surface area (Å²) in [5.74, 6) is -0.775. The van der Waals surface area contributed by atoms with Crippen LogP contribution in [0.5, 0.6) is 0 Å². The molecular formula is C21H27ClFN3O2. The number of halogens is 2. The molecule has 0 saturated heterocycles. The van der Waals surface area contributed by atoms with Crippen LogP contribution in [0.25, 0.3) is 0 Å². The van der Waals surface area contributed by atoms with Crippen LogP contribution >= 0.6 is 12.4 Å². The molecule has 2 aromatic carbocycles. The van der Waals surface area contributed by atoms with Gasteiger partial charge in [0.1, 0.15) is 5.82 Å². The number of carbonyl (C=O) groups is 2. The predicted molar refractivity (Wildman–Crippen MR) is 112 cm³/mol. The van der Waals surface area contributed by atoms with Crippen LogP contribution in [0.3, 0.4) is 0 Å². The molecule has 0 spiro atoms. The fourth-order valence-corrected chi connectivity index (χ4v) is 2.89. The third kappa shape index (κ3) is 5.78. The van der Waals surface area contributed by atoms with Crippen molar-refractivity contribution in [1.29, 1.82) is 0 Å². The van der Waals surface area contributed by atoms with Crippen LogP contribution in [-0.4, -0.2) is 18.4 Å². The lowest BCUT2D eigenvalue weighted by molar-refractivity contribution is -0.131. The second-order valence-electron chi connectivity index (χ2n) is 6.54. The first-order chi connectivity index (χ1) is 12.9. The van der Waals surface area contributed by atoms with Crippen LogP contribution in [0.2, 0.25) is 0 Å². The average Bonchev–Trinajstić information content (AvgIpc) is 2.69. The fourth-order valence-electron chi connectivity index (χ4n) is 2.89. The number of amides is 2. The van der Waals surface area contributed by atoms with Crippen molar-refractivity contribution < 1.29 is 14.0 Å². The van der Waals surface area contributed by atoms with Gasteiger partial charge in [0.2, 0.25) is 5.91 Å². The summed E-state index contributed by atoms with van der Waals surface area (Å²) in [6, 6.07) is 12.6. The van der Waals surface area contributed by atoms with Crippen molar-refractivity contribution >= 4 is 29.9 Å². The van der Waals surface area contributed by atoms with E-state index in [1.165, 1.54) is 24.3 Å². The molecule has 7 heteroatoms. The van der Waals surface area contributed by atoms with Crippen LogP contribution in [0.15, 0.2) is 48.5 Å². The molecule has 152 valence electrons. The number of carbonyl (C=O) groups excluding carboxylic acids is 2. The van der Waals surface area contributed by atoms with E-state index in [0.29, 0.717) is 37.2 Å². The number of hydrogen-bond donors (Lipinski definition) is 3. The predicted octanol–water partition coefficient (Wildman–Crippen LogP) is 3.88. The lowest BCUT2D eigenvalue weighted by atomic mass is 9.81. The SMILES string of the molecule is CCC(CC)(CN)C(=O)NCc1cccc(NC(=O)c2ccc(F)cc2)c1.Cl. The molecule has 0 aliphatic heterocycles. The Morgan fingerprint density at radius 3 is 2.29 bits per heavy atom. The van der Waals surface area contributed by atoms with Gasteiger partial charge in [-0.25, -0.2) is 4.39 Å². The van der Waals surface area contributed by atoms with Crippen molar-refractivity contribution in [2.75, 3.05) is 11.9 Å². The third-order valence-electron chi connectivity index (χ3n) is 4.97. The van der Waals surface area contributed by atoms with E-state index in [9.17, 15) is 14.0 Å². The van der Waals surface area contributed by atoms with Crippen molar-refractivity contribution in [3.05, 3.63) is 65.5 Å². The van der Waals surface area contributed by atoms with Crippen molar-refractivity contribution in [3.8, 4) is 0 Å². The van der Waals surface area contributed by atoms with Crippen LogP contribution in [0.4, 0.5) is 10.1 Å². The standard InChI is InChI=1S/C21H26FN3O2.ClH/c1-3-21(4-2,14-23)20(27)24-13-15-6-5-7-18(12-15)25-19(26)16-8-10-17(22)11-9-16;/h5-12H,3-4,13-14,23H2,1-2H3,(H,24,27)(H,25,26);1H. The highest BCUT2D eigenvalue weighted by molar-refractivity contribution is 6.04. The maximum Gasteiger partial charge on any atom is 0.255 e. The maximum absolute atomic E-state index is 13.0. The van der Waals surface area contributed by atoms with Gasteiger partial charge in [0.15, 0.2) is 0 Å². The molecule has 0 aliphatic rings. The van der Waals surface area contributed by atoms with Gasteiger partial charge >= 0.3 is 0 Å². The van der Waals surface area contributed by atoms with Crippen LogP contribution in [0.1, 0.15) is 42.6 Å². The van der Waals surface area contributed by atoms with Gasteiger partial charge in [-0.3, -0.25) is 9.59 Å². The van der Waals surface area contributed by atoms with E-state index in [-0.39, 0.29) is 24.2 Å². The Morgan fingerprint density at radius 1 is 1.07 bits per heavy atom. The molecule has 0 aromatic heterocycles. The number of rotatable bonds is 8. The Kier molecular flexibility index (Phi) is 9.09. The monoisotopic (exact) mass is 407 g/mol. The molecule has 0 saturated carbocycles. The Hall–Kier alpha value is -2.44. The van der Waals surface area contributed by atoms with Gasteiger partial charge < -0.3 is 16.4 Å². The summed E-state index contributed by atoms with van der Waals surface area (Å²) >= 11 is 0. The molecule has 2 amide bonds. The zero-order valence-electron chi connectivity index (χ0n) is 16.1. The normalized spacial score (nSPS) is 10.7. The Balaban J connectivity index is 0.00000392. The summed E-state index contributed by atoms with van der Waals surface area (Å²) < 4.78 is 13.0. The highest BCUT2D eigenvalue weighted by Gasteiger charge is 2.32. The highest BCUT2D eigenvalue weighted by atomic mass is 35.5. The molecule has 0 unspecified atom stereocenters. The van der Waals surface area contributed by atoms with Crippen LogP contribution in [-0.2, 0) is 11.3 Å². The molecule has 0 fully saturated rings. The summed E-state index contributed by atoms with van der Waals surface area (Å²) in [6.07, 6.45) is 1.36. The molecular weight excluding hydrogens is 381 g/mol. The number of nitrogens with one attached hydrogen (secondary N) is 2. The Bertz CT molecular complexity index is 784. The van der Waals surface area contributed by atoms with E-state index in [1.807, 2.05) is 19.9 Å². The summed E-state index contributed by atoms with van der Waals surface area (Å²) in [6.45, 7) is 4.57. The van der Waals surface area contributed by atoms with E-state index in [0.717, 1.165) is 5.56 Å². The van der Waals surface area contributed by atoms with Crippen molar-refractivity contribution in [3.63, 3.8) is 0 Å². The molecule has 0 heterocycles. The minimum absolute atomic E-state index is 0. The first kappa shape index (κ1) is 23.6. The van der Waals surface area contributed by atoms with E-state index in [4.69, 9.17) is 5.73 Å². The second-order valence-corrected chi connectivity index (χ2v) is 6.54. The number of nitrogens with two attached hydrogens (primary N) is 1. The number of anilines is 1. The minimum Gasteiger partial charge on any atom is -0.352 e. The van der Waals surface area contributed by atoms with Gasteiger partial charge in [-0.2, -0.15) is 0 Å². The molecule has 0 atom stereocenters. The van der Waals surface area contributed by atoms with E-state index in [1.54, 1.807) is 18.2 Å². The van der Waals surface area contributed by atoms with E-state index < -0.39 is 11.2 Å². The van der Waals surface area contributed by atoms with Gasteiger partial charge in [0.05, 0.1) is 5.41 Å². The largest absolute Gasteiger partial charge is 0.352 e. The second kappa shape index (κ2) is 10.8. The molecule has 5 nitrogen and oxygen atoms in total. The van der Waals surface area contributed by atoms with Crippen LogP contribution < -0.4 is 16.4 Å². The van der Waals surface area contributed by atoms with Crippen LogP contribution in [0, 0.1) is 11.2 Å². The van der Waals surface area contributed by atoms with Crippen molar-refractivity contribution in [2.24, 2.45) is 11.1 Å². The summed E-state index contributed by atoms with van der Waals surface area (Å²) in [5.41, 5.74) is 7.10. The Labute approximate surface area is 171 Å². The van der Waals surface area contributed by atoms with E-state index in [2.05, 4.69) is 10.6 Å². The smallest absolute Gasteiger partial charge is 0.255 e. The molecule has 28 heavy (non-hydrogen) atoms. The van der Waals surface area contributed by atoms with Gasteiger partial charge in [-0.15, -0.1) is 12.4 Å². The Morgan fingerprint density at radius 2 is 1.71 bits per heavy atom. The number of hydrogen-bond acceptors (Lipinski definition) is 3. The van der Waals surface area contributed by atoms with Gasteiger partial charge in [-0.05, 0) is 54.8 Å². The highest BCUT2D eigenvalue weighted by Crippen LogP contribution is 2.25. The average molecular weight is 408 g/mol. The number of benzene rings is 2. The summed E-state index contributed by atoms with van der Waals surface area (Å²) in [4.78, 5) is 24.7. The van der Waals surface area contributed by atoms with Crippen molar-refractivity contribution in [1.82, 2.24) is 5.32 Å². The maximum atomic E-state index is 13.0. The van der Waals surface area contributed by atoms with Gasteiger partial charge in [-0.1, -0.05) is 26.0 Å². The lowest BCUT2D eigenvalue weighted by Gasteiger charge is -2.28. The quantitative estimate of drug-likeness (QED) is 0.620. The van der Waals surface area contributed by atoms with Crippen molar-refractivity contribution in [2.45, 2.75) is 33.2 Å². The lowest BCUT2D eigenvalue weighted by Crippen LogP contribution is -2.45. The molecule has 0 bridgehead atoms. The molecule has 2 aromatic rings. The molecule has 0 aliphatic carbocycles. The summed E-state index contributed by atoms with van der Waals surface area (Å²) in [7, 11) is 0. The first-order valence-corrected chi connectivity index (χ1v) is 9.08. The first-order valence-electron chi connectivity index (χ1n) is 9.08. The molecule has 2 rings (SSSR count). The van der Waals surface area contributed by atoms with E-state index >= 15 is 0 Å². The third-order valence-corrected chi connectivity index (χ3v) is 4.97. The zero-order valence-corrected chi connectivity index (χ0v) is 16.9. The van der Waals surface area contributed by atoms with Gasteiger partial charge in [0, 0.05) is 24.3 Å². The molecule has 4 N–H and O–H groups in total. The zero-order chi connectivity index (χ0) is 19.9. The topological polar surface area (TPSA) is 84.2 Å². The summed E-state index contributed by atoms with van der Waals surface area (Å²) in [5, 5.41) is 5.71.